The summed E-state index contributed by atoms with van der Waals surface area (Å²) in [6.07, 6.45) is 2.09. The number of oxazole rings is 1. The predicted octanol–water partition coefficient (Wildman–Crippen LogP) is 4.11. The maximum Gasteiger partial charge on any atom is 0.376 e. The molecule has 1 saturated carbocycles. The summed E-state index contributed by atoms with van der Waals surface area (Å²) < 4.78 is 11.3. The van der Waals surface area contributed by atoms with Crippen LogP contribution >= 0.6 is 22.9 Å². The van der Waals surface area contributed by atoms with E-state index >= 15 is 0 Å². The molecule has 0 radical (unpaired) electrons. The molecule has 100 valence electrons. The summed E-state index contributed by atoms with van der Waals surface area (Å²) in [4.78, 5) is 17.1. The Hall–Kier alpha value is -1.33. The van der Waals surface area contributed by atoms with E-state index in [-0.39, 0.29) is 5.76 Å². The van der Waals surface area contributed by atoms with Crippen molar-refractivity contribution in [1.82, 2.24) is 4.98 Å². The van der Waals surface area contributed by atoms with E-state index in [2.05, 4.69) is 4.98 Å². The Morgan fingerprint density at radius 3 is 2.95 bits per heavy atom. The molecule has 0 spiro atoms. The van der Waals surface area contributed by atoms with Crippen LogP contribution in [0.25, 0.3) is 10.8 Å². The minimum Gasteiger partial charge on any atom is -0.460 e. The zero-order chi connectivity index (χ0) is 13.4. The normalized spacial score (nSPS) is 14.6. The van der Waals surface area contributed by atoms with E-state index < -0.39 is 5.97 Å². The summed E-state index contributed by atoms with van der Waals surface area (Å²) >= 11 is 7.28. The van der Waals surface area contributed by atoms with Crippen LogP contribution in [0.15, 0.2) is 16.5 Å². The van der Waals surface area contributed by atoms with Crippen molar-refractivity contribution >= 4 is 28.9 Å². The van der Waals surface area contributed by atoms with Crippen molar-refractivity contribution in [2.45, 2.75) is 25.7 Å². The average molecular weight is 298 g/mol. The van der Waals surface area contributed by atoms with Crippen molar-refractivity contribution in [3.8, 4) is 10.8 Å². The number of carbonyl (C=O) groups is 1. The van der Waals surface area contributed by atoms with Gasteiger partial charge in [0.05, 0.1) is 21.5 Å². The summed E-state index contributed by atoms with van der Waals surface area (Å²) in [6.45, 7) is 2.09. The van der Waals surface area contributed by atoms with Crippen LogP contribution in [-0.2, 0) is 4.74 Å². The standard InChI is InChI=1S/C13H12ClNO3S/c1-2-17-13(16)11-10(7-3-4-7)15-12(18-11)8-5-6-9(14)19-8/h5-7H,2-4H2,1H3. The Balaban J connectivity index is 1.98. The molecular weight excluding hydrogens is 286 g/mol. The van der Waals surface area contributed by atoms with Gasteiger partial charge >= 0.3 is 5.97 Å². The second kappa shape index (κ2) is 4.98. The van der Waals surface area contributed by atoms with Crippen molar-refractivity contribution in [1.29, 1.82) is 0 Å². The molecule has 0 aromatic carbocycles. The number of ether oxygens (including phenoxy) is 1. The molecule has 0 aliphatic heterocycles. The third kappa shape index (κ3) is 2.53. The Labute approximate surface area is 119 Å². The summed E-state index contributed by atoms with van der Waals surface area (Å²) in [7, 11) is 0. The van der Waals surface area contributed by atoms with Crippen molar-refractivity contribution in [3.63, 3.8) is 0 Å². The van der Waals surface area contributed by atoms with Crippen molar-refractivity contribution in [2.24, 2.45) is 0 Å². The van der Waals surface area contributed by atoms with Gasteiger partial charge in [0, 0.05) is 5.92 Å². The number of aromatic nitrogens is 1. The molecule has 3 rings (SSSR count). The first-order chi connectivity index (χ1) is 9.19. The molecular formula is C13H12ClNO3S. The maximum absolute atomic E-state index is 11.9. The molecule has 1 aliphatic carbocycles. The highest BCUT2D eigenvalue weighted by Crippen LogP contribution is 2.43. The maximum atomic E-state index is 11.9. The van der Waals surface area contributed by atoms with E-state index in [0.717, 1.165) is 23.4 Å². The molecule has 0 unspecified atom stereocenters. The molecule has 4 nitrogen and oxygen atoms in total. The lowest BCUT2D eigenvalue weighted by molar-refractivity contribution is 0.0489. The highest BCUT2D eigenvalue weighted by Gasteiger charge is 2.34. The number of nitrogens with zero attached hydrogens (tertiary/aromatic N) is 1. The molecule has 0 bridgehead atoms. The number of halogens is 1. The van der Waals surface area contributed by atoms with E-state index in [9.17, 15) is 4.79 Å². The summed E-state index contributed by atoms with van der Waals surface area (Å²) in [5.74, 6) is 0.573. The number of hydrogen-bond donors (Lipinski definition) is 0. The second-order valence-corrected chi connectivity index (χ2v) is 6.05. The van der Waals surface area contributed by atoms with Gasteiger partial charge in [-0.05, 0) is 31.9 Å². The number of thiophene rings is 1. The zero-order valence-corrected chi connectivity index (χ0v) is 11.9. The summed E-state index contributed by atoms with van der Waals surface area (Å²) in [5.41, 5.74) is 0.720. The van der Waals surface area contributed by atoms with Gasteiger partial charge in [0.1, 0.15) is 0 Å². The first-order valence-electron chi connectivity index (χ1n) is 6.12. The number of hydrogen-bond acceptors (Lipinski definition) is 5. The van der Waals surface area contributed by atoms with Crippen LogP contribution < -0.4 is 0 Å². The van der Waals surface area contributed by atoms with Gasteiger partial charge in [-0.25, -0.2) is 9.78 Å². The molecule has 2 aromatic rings. The third-order valence-corrected chi connectivity index (χ3v) is 4.08. The topological polar surface area (TPSA) is 52.3 Å². The van der Waals surface area contributed by atoms with E-state index in [1.165, 1.54) is 11.3 Å². The Bertz CT molecular complexity index is 615. The minimum atomic E-state index is -0.439. The molecule has 1 aliphatic rings. The van der Waals surface area contributed by atoms with E-state index in [1.807, 2.05) is 6.07 Å². The van der Waals surface area contributed by atoms with Crippen LogP contribution in [-0.4, -0.2) is 17.6 Å². The van der Waals surface area contributed by atoms with Gasteiger partial charge in [0.15, 0.2) is 0 Å². The fourth-order valence-electron chi connectivity index (χ4n) is 1.84. The van der Waals surface area contributed by atoms with Crippen molar-refractivity contribution in [3.05, 3.63) is 27.9 Å². The molecule has 0 amide bonds. The van der Waals surface area contributed by atoms with Gasteiger partial charge in [-0.15, -0.1) is 11.3 Å². The number of carbonyl (C=O) groups excluding carboxylic acids is 1. The van der Waals surface area contributed by atoms with Crippen LogP contribution in [0.5, 0.6) is 0 Å². The SMILES string of the molecule is CCOC(=O)c1oc(-c2ccc(Cl)s2)nc1C1CC1. The average Bonchev–Trinajstić information content (AvgIpc) is 2.98. The Morgan fingerprint density at radius 2 is 2.37 bits per heavy atom. The number of rotatable bonds is 4. The molecule has 0 saturated heterocycles. The molecule has 19 heavy (non-hydrogen) atoms. The van der Waals surface area contributed by atoms with Crippen LogP contribution in [0.1, 0.15) is 41.9 Å². The van der Waals surface area contributed by atoms with Crippen LogP contribution in [0.4, 0.5) is 0 Å². The quantitative estimate of drug-likeness (QED) is 0.797. The van der Waals surface area contributed by atoms with Gasteiger partial charge in [-0.1, -0.05) is 11.6 Å². The molecule has 0 N–H and O–H groups in total. The monoisotopic (exact) mass is 297 g/mol. The molecule has 0 atom stereocenters. The van der Waals surface area contributed by atoms with E-state index in [0.29, 0.717) is 22.8 Å². The Morgan fingerprint density at radius 1 is 1.58 bits per heavy atom. The van der Waals surface area contributed by atoms with Gasteiger partial charge < -0.3 is 9.15 Å². The van der Waals surface area contributed by atoms with Crippen LogP contribution in [0.2, 0.25) is 4.34 Å². The Kier molecular flexibility index (Phi) is 3.33. The first kappa shape index (κ1) is 12.7. The molecule has 1 fully saturated rings. The smallest absolute Gasteiger partial charge is 0.376 e. The van der Waals surface area contributed by atoms with Gasteiger partial charge in [0.2, 0.25) is 11.7 Å². The van der Waals surface area contributed by atoms with Gasteiger partial charge in [-0.3, -0.25) is 0 Å². The lowest BCUT2D eigenvalue weighted by atomic mass is 10.2. The zero-order valence-electron chi connectivity index (χ0n) is 10.3. The third-order valence-electron chi connectivity index (χ3n) is 2.86. The van der Waals surface area contributed by atoms with Gasteiger partial charge in [0.25, 0.3) is 0 Å². The van der Waals surface area contributed by atoms with E-state index in [1.54, 1.807) is 13.0 Å². The minimum absolute atomic E-state index is 0.240. The fraction of sp³-hybridized carbons (Fsp3) is 0.385. The first-order valence-corrected chi connectivity index (χ1v) is 7.32. The van der Waals surface area contributed by atoms with E-state index in [4.69, 9.17) is 20.8 Å². The molecule has 6 heteroatoms. The lowest BCUT2D eigenvalue weighted by Gasteiger charge is -1.98. The molecule has 2 aromatic heterocycles. The van der Waals surface area contributed by atoms with Crippen molar-refractivity contribution in [2.75, 3.05) is 6.61 Å². The summed E-state index contributed by atoms with van der Waals surface area (Å²) in [6, 6.07) is 3.62. The highest BCUT2D eigenvalue weighted by atomic mass is 35.5. The molecule has 2 heterocycles. The fourth-order valence-corrected chi connectivity index (χ4v) is 2.81. The largest absolute Gasteiger partial charge is 0.460 e. The van der Waals surface area contributed by atoms with Crippen LogP contribution in [0.3, 0.4) is 0 Å². The lowest BCUT2D eigenvalue weighted by Crippen LogP contribution is -2.05. The summed E-state index contributed by atoms with van der Waals surface area (Å²) in [5, 5.41) is 0. The van der Waals surface area contributed by atoms with Crippen LogP contribution in [0, 0.1) is 0 Å². The highest BCUT2D eigenvalue weighted by molar-refractivity contribution is 7.19. The second-order valence-electron chi connectivity index (χ2n) is 4.33. The van der Waals surface area contributed by atoms with Gasteiger partial charge in [-0.2, -0.15) is 0 Å². The predicted molar refractivity (Wildman–Crippen MR) is 72.8 cm³/mol. The van der Waals surface area contributed by atoms with Crippen molar-refractivity contribution < 1.29 is 13.9 Å². The number of esters is 1.